The summed E-state index contributed by atoms with van der Waals surface area (Å²) in [6, 6.07) is 0.487. The molecule has 1 fully saturated rings. The Kier molecular flexibility index (Phi) is 6.34. The number of carbonyl (C=O) groups excluding carboxylic acids is 1. The third-order valence-electron chi connectivity index (χ3n) is 3.38. The molecule has 0 aromatic carbocycles. The van der Waals surface area contributed by atoms with Crippen molar-refractivity contribution >= 4 is 18.3 Å². The second-order valence-corrected chi connectivity index (χ2v) is 5.63. The van der Waals surface area contributed by atoms with Crippen molar-refractivity contribution in [1.29, 1.82) is 0 Å². The first-order valence-corrected chi connectivity index (χ1v) is 5.92. The van der Waals surface area contributed by atoms with Crippen molar-refractivity contribution in [3.63, 3.8) is 0 Å². The van der Waals surface area contributed by atoms with Crippen molar-refractivity contribution in [2.24, 2.45) is 11.3 Å². The van der Waals surface area contributed by atoms with Crippen molar-refractivity contribution in [1.82, 2.24) is 10.6 Å². The molecule has 0 aliphatic carbocycles. The van der Waals surface area contributed by atoms with Crippen LogP contribution >= 0.6 is 12.4 Å². The Labute approximate surface area is 105 Å². The van der Waals surface area contributed by atoms with Crippen LogP contribution < -0.4 is 10.6 Å². The van der Waals surface area contributed by atoms with E-state index in [9.17, 15) is 4.79 Å². The first-order chi connectivity index (χ1) is 6.91. The summed E-state index contributed by atoms with van der Waals surface area (Å²) < 4.78 is 0. The van der Waals surface area contributed by atoms with Gasteiger partial charge >= 0.3 is 0 Å². The van der Waals surface area contributed by atoms with Gasteiger partial charge in [0.2, 0.25) is 5.91 Å². The highest BCUT2D eigenvalue weighted by molar-refractivity contribution is 5.85. The fourth-order valence-electron chi connectivity index (χ4n) is 1.70. The molecule has 2 N–H and O–H groups in total. The van der Waals surface area contributed by atoms with Gasteiger partial charge in [0.1, 0.15) is 0 Å². The van der Waals surface area contributed by atoms with E-state index in [-0.39, 0.29) is 29.6 Å². The zero-order chi connectivity index (χ0) is 11.5. The highest BCUT2D eigenvalue weighted by atomic mass is 35.5. The molecule has 3 nitrogen and oxygen atoms in total. The summed E-state index contributed by atoms with van der Waals surface area (Å²) in [5.41, 5.74) is 0.0488. The van der Waals surface area contributed by atoms with E-state index in [4.69, 9.17) is 0 Å². The molecule has 0 spiro atoms. The van der Waals surface area contributed by atoms with Gasteiger partial charge in [-0.1, -0.05) is 27.7 Å². The van der Waals surface area contributed by atoms with E-state index in [2.05, 4.69) is 31.4 Å². The second-order valence-electron chi connectivity index (χ2n) is 5.63. The lowest BCUT2D eigenvalue weighted by Crippen LogP contribution is -2.42. The van der Waals surface area contributed by atoms with Gasteiger partial charge in [0.15, 0.2) is 0 Å². The molecule has 0 aromatic heterocycles. The lowest BCUT2D eigenvalue weighted by Gasteiger charge is -2.26. The molecule has 1 amide bonds. The van der Waals surface area contributed by atoms with E-state index in [0.29, 0.717) is 6.04 Å². The quantitative estimate of drug-likeness (QED) is 0.802. The largest absolute Gasteiger partial charge is 0.354 e. The number of hydrogen-bond acceptors (Lipinski definition) is 2. The SMILES string of the molecule is CC(C(=O)NCC1CCCN1)C(C)(C)C.Cl. The zero-order valence-corrected chi connectivity index (χ0v) is 11.6. The van der Waals surface area contributed by atoms with Crippen LogP contribution in [0.25, 0.3) is 0 Å². The van der Waals surface area contributed by atoms with Crippen molar-refractivity contribution in [3.05, 3.63) is 0 Å². The lowest BCUT2D eigenvalue weighted by atomic mass is 9.81. The molecule has 4 heteroatoms. The summed E-state index contributed by atoms with van der Waals surface area (Å²) in [4.78, 5) is 11.8. The van der Waals surface area contributed by atoms with Crippen molar-refractivity contribution < 1.29 is 4.79 Å². The van der Waals surface area contributed by atoms with Crippen molar-refractivity contribution in [2.75, 3.05) is 13.1 Å². The molecule has 96 valence electrons. The Morgan fingerprint density at radius 3 is 2.56 bits per heavy atom. The maximum Gasteiger partial charge on any atom is 0.223 e. The molecule has 2 atom stereocenters. The fourth-order valence-corrected chi connectivity index (χ4v) is 1.70. The van der Waals surface area contributed by atoms with Crippen molar-refractivity contribution in [2.45, 2.75) is 46.6 Å². The monoisotopic (exact) mass is 248 g/mol. The van der Waals surface area contributed by atoms with Crippen LogP contribution in [0.1, 0.15) is 40.5 Å². The van der Waals surface area contributed by atoms with E-state index in [1.807, 2.05) is 6.92 Å². The molecule has 1 aliphatic rings. The van der Waals surface area contributed by atoms with Crippen LogP contribution in [0, 0.1) is 11.3 Å². The maximum atomic E-state index is 11.8. The number of rotatable bonds is 3. The average molecular weight is 249 g/mol. The lowest BCUT2D eigenvalue weighted by molar-refractivity contribution is -0.127. The third-order valence-corrected chi connectivity index (χ3v) is 3.38. The Morgan fingerprint density at radius 1 is 1.50 bits per heavy atom. The third kappa shape index (κ3) is 4.71. The Morgan fingerprint density at radius 2 is 2.12 bits per heavy atom. The minimum Gasteiger partial charge on any atom is -0.354 e. The minimum atomic E-state index is 0. The van der Waals surface area contributed by atoms with Gasteiger partial charge in [-0.2, -0.15) is 0 Å². The topological polar surface area (TPSA) is 41.1 Å². The molecule has 0 aromatic rings. The van der Waals surface area contributed by atoms with Crippen molar-refractivity contribution in [3.8, 4) is 0 Å². The van der Waals surface area contributed by atoms with Crippen LogP contribution in [0.2, 0.25) is 0 Å². The number of carbonyl (C=O) groups is 1. The first-order valence-electron chi connectivity index (χ1n) is 5.92. The second kappa shape index (κ2) is 6.45. The van der Waals surface area contributed by atoms with Crippen LogP contribution in [0.15, 0.2) is 0 Å². The van der Waals surface area contributed by atoms with Crippen LogP contribution in [0.3, 0.4) is 0 Å². The highest BCUT2D eigenvalue weighted by Crippen LogP contribution is 2.25. The van der Waals surface area contributed by atoms with Gasteiger partial charge in [-0.15, -0.1) is 12.4 Å². The number of nitrogens with one attached hydrogen (secondary N) is 2. The summed E-state index contributed by atoms with van der Waals surface area (Å²) in [5.74, 6) is 0.245. The first kappa shape index (κ1) is 15.7. The van der Waals surface area contributed by atoms with Gasteiger partial charge in [0.25, 0.3) is 0 Å². The van der Waals surface area contributed by atoms with Gasteiger partial charge < -0.3 is 10.6 Å². The molecule has 0 bridgehead atoms. The van der Waals surface area contributed by atoms with Gasteiger partial charge in [-0.25, -0.2) is 0 Å². The molecule has 1 aliphatic heterocycles. The van der Waals surface area contributed by atoms with Crippen LogP contribution in [-0.2, 0) is 4.79 Å². The summed E-state index contributed by atoms with van der Waals surface area (Å²) >= 11 is 0. The number of hydrogen-bond donors (Lipinski definition) is 2. The average Bonchev–Trinajstić information content (AvgIpc) is 2.63. The van der Waals surface area contributed by atoms with Crippen LogP contribution in [0.5, 0.6) is 0 Å². The molecule has 1 rings (SSSR count). The van der Waals surface area contributed by atoms with E-state index >= 15 is 0 Å². The molecule has 1 heterocycles. The standard InChI is InChI=1S/C12H24N2O.ClH/c1-9(12(2,3)4)11(15)14-8-10-6-5-7-13-10;/h9-10,13H,5-8H2,1-4H3,(H,14,15);1H. The fraction of sp³-hybridized carbons (Fsp3) is 0.917. The number of halogens is 1. The number of amides is 1. The molecule has 1 saturated heterocycles. The van der Waals surface area contributed by atoms with Gasteiger partial charge in [-0.05, 0) is 24.8 Å². The summed E-state index contributed by atoms with van der Waals surface area (Å²) in [7, 11) is 0. The zero-order valence-electron chi connectivity index (χ0n) is 10.8. The predicted octanol–water partition coefficient (Wildman–Crippen LogP) is 1.96. The molecule has 0 radical (unpaired) electrons. The van der Waals surface area contributed by atoms with Gasteiger partial charge in [-0.3, -0.25) is 4.79 Å². The summed E-state index contributed by atoms with van der Waals surface area (Å²) in [6.45, 7) is 10.2. The molecular formula is C12H25ClN2O. The maximum absolute atomic E-state index is 11.8. The van der Waals surface area contributed by atoms with E-state index in [1.165, 1.54) is 12.8 Å². The van der Waals surface area contributed by atoms with E-state index in [0.717, 1.165) is 13.1 Å². The summed E-state index contributed by atoms with van der Waals surface area (Å²) in [5, 5.41) is 6.40. The Balaban J connectivity index is 0.00000225. The predicted molar refractivity (Wildman–Crippen MR) is 69.9 cm³/mol. The smallest absolute Gasteiger partial charge is 0.223 e. The van der Waals surface area contributed by atoms with E-state index < -0.39 is 0 Å². The minimum absolute atomic E-state index is 0. The molecule has 2 unspecified atom stereocenters. The molecular weight excluding hydrogens is 224 g/mol. The van der Waals surface area contributed by atoms with Gasteiger partial charge in [0, 0.05) is 18.5 Å². The Bertz CT molecular complexity index is 220. The highest BCUT2D eigenvalue weighted by Gasteiger charge is 2.27. The van der Waals surface area contributed by atoms with E-state index in [1.54, 1.807) is 0 Å². The summed E-state index contributed by atoms with van der Waals surface area (Å²) in [6.07, 6.45) is 2.42. The molecule has 0 saturated carbocycles. The van der Waals surface area contributed by atoms with Crippen LogP contribution in [-0.4, -0.2) is 25.0 Å². The normalized spacial score (nSPS) is 22.4. The van der Waals surface area contributed by atoms with Gasteiger partial charge in [0.05, 0.1) is 0 Å². The molecule has 16 heavy (non-hydrogen) atoms. The Hall–Kier alpha value is -0.280. The van der Waals surface area contributed by atoms with Crippen LogP contribution in [0.4, 0.5) is 0 Å².